The number of hydrogen-bond donors (Lipinski definition) is 1. The number of piperidine rings is 1. The van der Waals surface area contributed by atoms with Gasteiger partial charge in [-0.25, -0.2) is 4.52 Å². The first kappa shape index (κ1) is 16.8. The van der Waals surface area contributed by atoms with E-state index in [1.807, 2.05) is 28.7 Å². The Hall–Kier alpha value is -2.30. The van der Waals surface area contributed by atoms with E-state index in [0.717, 1.165) is 34.6 Å². The van der Waals surface area contributed by atoms with E-state index in [0.29, 0.717) is 16.9 Å². The molecule has 2 fully saturated rings. The fourth-order valence-electron chi connectivity index (χ4n) is 3.83. The molecule has 1 saturated carbocycles. The SMILES string of the molecule is N#Cc1cnn2cc(-c3cnn(C4CCCNC4)c3)cc(SC3CCC3)c12. The van der Waals surface area contributed by atoms with Crippen molar-refractivity contribution in [3.63, 3.8) is 0 Å². The van der Waals surface area contributed by atoms with E-state index in [-0.39, 0.29) is 0 Å². The lowest BCUT2D eigenvalue weighted by atomic mass is 10.00. The molecule has 1 unspecified atom stereocenters. The molecule has 1 aliphatic heterocycles. The van der Waals surface area contributed by atoms with Gasteiger partial charge in [0.05, 0.1) is 29.5 Å². The summed E-state index contributed by atoms with van der Waals surface area (Å²) in [4.78, 5) is 1.15. The van der Waals surface area contributed by atoms with E-state index in [1.54, 1.807) is 6.20 Å². The molecule has 5 rings (SSSR count). The van der Waals surface area contributed by atoms with Gasteiger partial charge in [-0.2, -0.15) is 15.5 Å². The Morgan fingerprint density at radius 1 is 1.11 bits per heavy atom. The quantitative estimate of drug-likeness (QED) is 0.750. The molecule has 6 nitrogen and oxygen atoms in total. The van der Waals surface area contributed by atoms with E-state index in [4.69, 9.17) is 0 Å². The van der Waals surface area contributed by atoms with Crippen LogP contribution in [0.4, 0.5) is 0 Å². The van der Waals surface area contributed by atoms with E-state index in [1.165, 1.54) is 32.1 Å². The van der Waals surface area contributed by atoms with Crippen LogP contribution in [0.2, 0.25) is 0 Å². The Balaban J connectivity index is 1.53. The van der Waals surface area contributed by atoms with Crippen LogP contribution in [0.15, 0.2) is 35.7 Å². The predicted molar refractivity (Wildman–Crippen MR) is 106 cm³/mol. The Bertz CT molecular complexity index is 1000. The Morgan fingerprint density at radius 3 is 2.78 bits per heavy atom. The number of thioether (sulfide) groups is 1. The average Bonchev–Trinajstić information content (AvgIpc) is 3.32. The van der Waals surface area contributed by atoms with Gasteiger partial charge < -0.3 is 5.32 Å². The van der Waals surface area contributed by atoms with Crippen LogP contribution in [0, 0.1) is 11.3 Å². The molecule has 3 aromatic rings. The summed E-state index contributed by atoms with van der Waals surface area (Å²) in [5.41, 5.74) is 3.79. The fraction of sp³-hybridized carbons (Fsp3) is 0.450. The molecular weight excluding hydrogens is 356 g/mol. The first-order chi connectivity index (χ1) is 13.3. The minimum absolute atomic E-state index is 0.426. The number of nitrogens with one attached hydrogen (secondary N) is 1. The normalized spacial score (nSPS) is 20.5. The molecule has 27 heavy (non-hydrogen) atoms. The molecule has 2 aliphatic rings. The van der Waals surface area contributed by atoms with E-state index in [9.17, 15) is 5.26 Å². The van der Waals surface area contributed by atoms with Crippen molar-refractivity contribution in [1.82, 2.24) is 24.7 Å². The molecule has 0 radical (unpaired) electrons. The molecule has 0 bridgehead atoms. The Labute approximate surface area is 162 Å². The second-order valence-corrected chi connectivity index (χ2v) is 8.78. The summed E-state index contributed by atoms with van der Waals surface area (Å²) in [7, 11) is 0. The minimum Gasteiger partial charge on any atom is -0.315 e. The zero-order chi connectivity index (χ0) is 18.2. The molecule has 1 N–H and O–H groups in total. The van der Waals surface area contributed by atoms with Crippen LogP contribution in [0.25, 0.3) is 16.6 Å². The number of nitriles is 1. The van der Waals surface area contributed by atoms with Crippen molar-refractivity contribution in [2.75, 3.05) is 13.1 Å². The third-order valence-electron chi connectivity index (χ3n) is 5.62. The van der Waals surface area contributed by atoms with Crippen molar-refractivity contribution < 1.29 is 0 Å². The van der Waals surface area contributed by atoms with E-state index in [2.05, 4.69) is 38.5 Å². The summed E-state index contributed by atoms with van der Waals surface area (Å²) in [5.74, 6) is 0. The first-order valence-corrected chi connectivity index (χ1v) is 10.5. The van der Waals surface area contributed by atoms with Gasteiger partial charge in [-0.3, -0.25) is 4.68 Å². The molecule has 1 saturated heterocycles. The van der Waals surface area contributed by atoms with Gasteiger partial charge in [-0.15, -0.1) is 11.8 Å². The van der Waals surface area contributed by atoms with Gasteiger partial charge in [0.1, 0.15) is 6.07 Å². The lowest BCUT2D eigenvalue weighted by Crippen LogP contribution is -2.31. The standard InChI is InChI=1S/C20H22N6S/c21-8-15-9-24-26-12-14(7-19(20(15)26)27-18-4-1-5-18)16-10-23-25(13-16)17-3-2-6-22-11-17/h7,9-10,12-13,17-18,22H,1-6,11H2. The lowest BCUT2D eigenvalue weighted by molar-refractivity contribution is 0.347. The van der Waals surface area contributed by atoms with Gasteiger partial charge in [-0.1, -0.05) is 6.42 Å². The maximum Gasteiger partial charge on any atom is 0.103 e. The van der Waals surface area contributed by atoms with E-state index >= 15 is 0 Å². The molecule has 7 heteroatoms. The second kappa shape index (κ2) is 7.02. The highest BCUT2D eigenvalue weighted by Crippen LogP contribution is 2.40. The summed E-state index contributed by atoms with van der Waals surface area (Å²) < 4.78 is 3.95. The summed E-state index contributed by atoms with van der Waals surface area (Å²) in [5, 5.41) is 22.6. The minimum atomic E-state index is 0.426. The number of nitrogens with zero attached hydrogens (tertiary/aromatic N) is 5. The first-order valence-electron chi connectivity index (χ1n) is 9.65. The topological polar surface area (TPSA) is 70.9 Å². The van der Waals surface area contributed by atoms with Crippen LogP contribution >= 0.6 is 11.8 Å². The zero-order valence-corrected chi connectivity index (χ0v) is 16.0. The third-order valence-corrected chi connectivity index (χ3v) is 6.99. The van der Waals surface area contributed by atoms with Crippen LogP contribution in [0.3, 0.4) is 0 Å². The Morgan fingerprint density at radius 2 is 2.04 bits per heavy atom. The molecule has 0 amide bonds. The smallest absolute Gasteiger partial charge is 0.103 e. The van der Waals surface area contributed by atoms with Crippen molar-refractivity contribution >= 4 is 17.3 Å². The van der Waals surface area contributed by atoms with Crippen molar-refractivity contribution in [3.05, 3.63) is 36.4 Å². The maximum absolute atomic E-state index is 9.46. The van der Waals surface area contributed by atoms with E-state index < -0.39 is 0 Å². The number of aromatic nitrogens is 4. The van der Waals surface area contributed by atoms with Crippen LogP contribution in [-0.4, -0.2) is 37.7 Å². The number of pyridine rings is 1. The average molecular weight is 379 g/mol. The van der Waals surface area contributed by atoms with Crippen LogP contribution < -0.4 is 5.32 Å². The zero-order valence-electron chi connectivity index (χ0n) is 15.1. The van der Waals surface area contributed by atoms with Gasteiger partial charge in [0, 0.05) is 40.2 Å². The summed E-state index contributed by atoms with van der Waals surface area (Å²) in [6.45, 7) is 2.08. The molecule has 4 heterocycles. The summed E-state index contributed by atoms with van der Waals surface area (Å²) in [6.07, 6.45) is 13.9. The molecule has 3 aromatic heterocycles. The highest BCUT2D eigenvalue weighted by Gasteiger charge is 2.22. The van der Waals surface area contributed by atoms with Crippen LogP contribution in [0.1, 0.15) is 43.7 Å². The fourth-order valence-corrected chi connectivity index (χ4v) is 5.27. The predicted octanol–water partition coefficient (Wildman–Crippen LogP) is 3.64. The molecule has 1 atom stereocenters. The lowest BCUT2D eigenvalue weighted by Gasteiger charge is -2.25. The van der Waals surface area contributed by atoms with Crippen molar-refractivity contribution in [2.45, 2.75) is 48.3 Å². The molecular formula is C20H22N6S. The van der Waals surface area contributed by atoms with Crippen molar-refractivity contribution in [2.24, 2.45) is 0 Å². The van der Waals surface area contributed by atoms with Crippen molar-refractivity contribution in [1.29, 1.82) is 5.26 Å². The maximum atomic E-state index is 9.46. The third kappa shape index (κ3) is 3.13. The number of fused-ring (bicyclic) bond motifs is 1. The molecule has 1 aliphatic carbocycles. The van der Waals surface area contributed by atoms with Crippen LogP contribution in [0.5, 0.6) is 0 Å². The van der Waals surface area contributed by atoms with Gasteiger partial charge in [0.15, 0.2) is 0 Å². The molecule has 0 spiro atoms. The summed E-state index contributed by atoms with van der Waals surface area (Å²) in [6, 6.07) is 4.92. The molecule has 138 valence electrons. The molecule has 0 aromatic carbocycles. The summed E-state index contributed by atoms with van der Waals surface area (Å²) >= 11 is 1.89. The number of hydrogen-bond acceptors (Lipinski definition) is 5. The van der Waals surface area contributed by atoms with Gasteiger partial charge in [0.2, 0.25) is 0 Å². The van der Waals surface area contributed by atoms with Crippen LogP contribution in [-0.2, 0) is 0 Å². The highest BCUT2D eigenvalue weighted by atomic mass is 32.2. The largest absolute Gasteiger partial charge is 0.315 e. The van der Waals surface area contributed by atoms with Crippen molar-refractivity contribution in [3.8, 4) is 17.2 Å². The second-order valence-electron chi connectivity index (χ2n) is 7.44. The number of rotatable bonds is 4. The highest BCUT2D eigenvalue weighted by molar-refractivity contribution is 8.00. The van der Waals surface area contributed by atoms with Gasteiger partial charge in [0.25, 0.3) is 0 Å². The van der Waals surface area contributed by atoms with Gasteiger partial charge in [-0.05, 0) is 38.3 Å². The Kier molecular flexibility index (Phi) is 4.38. The van der Waals surface area contributed by atoms with Gasteiger partial charge >= 0.3 is 0 Å². The monoisotopic (exact) mass is 378 g/mol.